The molecular weight excluding hydrogens is 450 g/mol. The highest BCUT2D eigenvalue weighted by Gasteiger charge is 2.26. The van der Waals surface area contributed by atoms with Gasteiger partial charge in [-0.15, -0.1) is 0 Å². The third-order valence-corrected chi connectivity index (χ3v) is 6.37. The number of amides is 1. The van der Waals surface area contributed by atoms with E-state index < -0.39 is 0 Å². The summed E-state index contributed by atoms with van der Waals surface area (Å²) in [4.78, 5) is 26.0. The van der Waals surface area contributed by atoms with E-state index in [4.69, 9.17) is 23.2 Å². The van der Waals surface area contributed by atoms with E-state index >= 15 is 0 Å². The van der Waals surface area contributed by atoms with Crippen molar-refractivity contribution in [3.8, 4) is 0 Å². The average Bonchev–Trinajstić information content (AvgIpc) is 2.77. The van der Waals surface area contributed by atoms with E-state index in [0.29, 0.717) is 59.6 Å². The Hall–Kier alpha value is -2.70. The maximum Gasteiger partial charge on any atom is 0.255 e. The summed E-state index contributed by atoms with van der Waals surface area (Å²) >= 11 is 12.5. The summed E-state index contributed by atoms with van der Waals surface area (Å²) in [6.45, 7) is 6.01. The molecule has 3 aromatic rings. The number of halogens is 3. The Morgan fingerprint density at radius 2 is 1.62 bits per heavy atom. The molecular formula is C24H23Cl2FN4O. The van der Waals surface area contributed by atoms with Gasteiger partial charge < -0.3 is 9.80 Å². The van der Waals surface area contributed by atoms with Crippen LogP contribution in [0.25, 0.3) is 0 Å². The Morgan fingerprint density at radius 3 is 2.31 bits per heavy atom. The van der Waals surface area contributed by atoms with Gasteiger partial charge in [-0.1, -0.05) is 41.4 Å². The first-order chi connectivity index (χ1) is 15.3. The van der Waals surface area contributed by atoms with E-state index in [1.54, 1.807) is 35.2 Å². The molecule has 1 aromatic heterocycles. The molecule has 8 heteroatoms. The highest BCUT2D eigenvalue weighted by Crippen LogP contribution is 2.29. The summed E-state index contributed by atoms with van der Waals surface area (Å²) in [6, 6.07) is 11.8. The minimum absolute atomic E-state index is 0.0799. The molecule has 0 saturated carbocycles. The Bertz CT molecular complexity index is 1140. The summed E-state index contributed by atoms with van der Waals surface area (Å²) in [5.41, 5.74) is 2.57. The number of hydrogen-bond donors (Lipinski definition) is 0. The quantitative estimate of drug-likeness (QED) is 0.530. The summed E-state index contributed by atoms with van der Waals surface area (Å²) in [6.07, 6.45) is 0.297. The summed E-state index contributed by atoms with van der Waals surface area (Å²) in [5.74, 6) is 0.983. The van der Waals surface area contributed by atoms with E-state index in [0.717, 1.165) is 17.1 Å². The van der Waals surface area contributed by atoms with Crippen LogP contribution in [0.1, 0.15) is 33.0 Å². The summed E-state index contributed by atoms with van der Waals surface area (Å²) in [7, 11) is 0. The van der Waals surface area contributed by atoms with Crippen LogP contribution in [0.15, 0.2) is 42.5 Å². The van der Waals surface area contributed by atoms with Crippen LogP contribution < -0.4 is 4.90 Å². The molecule has 2 aromatic carbocycles. The molecule has 4 rings (SSSR count). The molecule has 1 amide bonds. The largest absolute Gasteiger partial charge is 0.353 e. The van der Waals surface area contributed by atoms with Crippen molar-refractivity contribution < 1.29 is 9.18 Å². The molecule has 5 nitrogen and oxygen atoms in total. The first kappa shape index (κ1) is 22.5. The second-order valence-electron chi connectivity index (χ2n) is 7.79. The van der Waals surface area contributed by atoms with Gasteiger partial charge in [0.25, 0.3) is 5.91 Å². The standard InChI is InChI=1S/C24H23Cl2FN4O/c1-15-18(14-19-21(26)8-5-9-22(19)27)23(29-16(2)28-15)30-10-12-31(13-11-30)24(32)17-6-3-4-7-20(17)25/h3-9H,10-14H2,1-2H3. The number of nitrogens with zero attached hydrogens (tertiary/aromatic N) is 4. The number of hydrogen-bond acceptors (Lipinski definition) is 4. The summed E-state index contributed by atoms with van der Waals surface area (Å²) in [5, 5.41) is 0.831. The molecule has 2 heterocycles. The first-order valence-electron chi connectivity index (χ1n) is 10.4. The van der Waals surface area contributed by atoms with Crippen molar-refractivity contribution in [2.75, 3.05) is 31.1 Å². The second-order valence-corrected chi connectivity index (χ2v) is 8.61. The second kappa shape index (κ2) is 9.43. The highest BCUT2D eigenvalue weighted by atomic mass is 35.5. The molecule has 1 aliphatic heterocycles. The third-order valence-electron chi connectivity index (χ3n) is 5.69. The van der Waals surface area contributed by atoms with Crippen molar-refractivity contribution in [2.24, 2.45) is 0 Å². The van der Waals surface area contributed by atoms with Crippen molar-refractivity contribution in [1.29, 1.82) is 0 Å². The van der Waals surface area contributed by atoms with Gasteiger partial charge in [-0.3, -0.25) is 4.79 Å². The minimum atomic E-state index is -0.349. The zero-order chi connectivity index (χ0) is 22.8. The lowest BCUT2D eigenvalue weighted by Gasteiger charge is -2.36. The predicted octanol–water partition coefficient (Wildman–Crippen LogP) is 5.09. The van der Waals surface area contributed by atoms with Gasteiger partial charge in [-0.05, 0) is 38.1 Å². The molecule has 0 radical (unpaired) electrons. The highest BCUT2D eigenvalue weighted by molar-refractivity contribution is 6.33. The van der Waals surface area contributed by atoms with Gasteiger partial charge in [-0.2, -0.15) is 0 Å². The van der Waals surface area contributed by atoms with E-state index in [-0.39, 0.29) is 11.7 Å². The zero-order valence-electron chi connectivity index (χ0n) is 17.9. The maximum absolute atomic E-state index is 14.5. The van der Waals surface area contributed by atoms with Crippen LogP contribution in [-0.2, 0) is 6.42 Å². The van der Waals surface area contributed by atoms with Crippen molar-refractivity contribution in [2.45, 2.75) is 20.3 Å². The lowest BCUT2D eigenvalue weighted by Crippen LogP contribution is -2.49. The molecule has 0 atom stereocenters. The van der Waals surface area contributed by atoms with Gasteiger partial charge in [0.05, 0.1) is 10.6 Å². The fraction of sp³-hybridized carbons (Fsp3) is 0.292. The SMILES string of the molecule is Cc1nc(C)c(Cc2c(F)cccc2Cl)c(N2CCN(C(=O)c3ccccc3Cl)CC2)n1. The van der Waals surface area contributed by atoms with Crippen LogP contribution >= 0.6 is 23.2 Å². The lowest BCUT2D eigenvalue weighted by atomic mass is 10.0. The number of rotatable bonds is 4. The Kier molecular flexibility index (Phi) is 6.63. The van der Waals surface area contributed by atoms with Crippen LogP contribution in [0, 0.1) is 19.7 Å². The smallest absolute Gasteiger partial charge is 0.255 e. The molecule has 166 valence electrons. The molecule has 0 aliphatic carbocycles. The molecule has 0 unspecified atom stereocenters. The van der Waals surface area contributed by atoms with Gasteiger partial charge in [0.15, 0.2) is 0 Å². The normalized spacial score (nSPS) is 14.0. The fourth-order valence-electron chi connectivity index (χ4n) is 3.99. The number of carbonyl (C=O) groups is 1. The summed E-state index contributed by atoms with van der Waals surface area (Å²) < 4.78 is 14.5. The number of aromatic nitrogens is 2. The van der Waals surface area contributed by atoms with Crippen LogP contribution in [0.2, 0.25) is 10.0 Å². The van der Waals surface area contributed by atoms with Crippen LogP contribution in [-0.4, -0.2) is 47.0 Å². The Balaban J connectivity index is 1.57. The number of anilines is 1. The predicted molar refractivity (Wildman–Crippen MR) is 125 cm³/mol. The molecule has 1 aliphatic rings. The van der Waals surface area contributed by atoms with E-state index in [1.807, 2.05) is 19.9 Å². The van der Waals surface area contributed by atoms with Gasteiger partial charge in [0.2, 0.25) is 0 Å². The molecule has 1 saturated heterocycles. The maximum atomic E-state index is 14.5. The number of benzene rings is 2. The van der Waals surface area contributed by atoms with Crippen LogP contribution in [0.5, 0.6) is 0 Å². The topological polar surface area (TPSA) is 49.3 Å². The Labute approximate surface area is 196 Å². The van der Waals surface area contributed by atoms with Gasteiger partial charge in [-0.25, -0.2) is 14.4 Å². The lowest BCUT2D eigenvalue weighted by molar-refractivity contribution is 0.0746. The molecule has 0 spiro atoms. The number of carbonyl (C=O) groups excluding carboxylic acids is 1. The monoisotopic (exact) mass is 472 g/mol. The molecule has 1 fully saturated rings. The van der Waals surface area contributed by atoms with Gasteiger partial charge in [0, 0.05) is 54.4 Å². The third kappa shape index (κ3) is 4.57. The van der Waals surface area contributed by atoms with E-state index in [2.05, 4.69) is 14.9 Å². The van der Waals surface area contributed by atoms with Crippen molar-refractivity contribution in [3.05, 3.63) is 86.5 Å². The molecule has 0 N–H and O–H groups in total. The fourth-order valence-corrected chi connectivity index (χ4v) is 4.44. The van der Waals surface area contributed by atoms with Crippen molar-refractivity contribution in [3.63, 3.8) is 0 Å². The van der Waals surface area contributed by atoms with Crippen molar-refractivity contribution >= 4 is 34.9 Å². The number of piperazine rings is 1. The molecule has 0 bridgehead atoms. The van der Waals surface area contributed by atoms with Gasteiger partial charge in [0.1, 0.15) is 17.5 Å². The van der Waals surface area contributed by atoms with Crippen LogP contribution in [0.4, 0.5) is 10.2 Å². The number of aryl methyl sites for hydroxylation is 2. The van der Waals surface area contributed by atoms with E-state index in [1.165, 1.54) is 6.07 Å². The average molecular weight is 473 g/mol. The van der Waals surface area contributed by atoms with Gasteiger partial charge >= 0.3 is 0 Å². The van der Waals surface area contributed by atoms with Crippen LogP contribution in [0.3, 0.4) is 0 Å². The minimum Gasteiger partial charge on any atom is -0.353 e. The van der Waals surface area contributed by atoms with Crippen molar-refractivity contribution in [1.82, 2.24) is 14.9 Å². The van der Waals surface area contributed by atoms with E-state index in [9.17, 15) is 9.18 Å². The Morgan fingerprint density at radius 1 is 0.938 bits per heavy atom. The zero-order valence-corrected chi connectivity index (χ0v) is 19.4. The molecule has 32 heavy (non-hydrogen) atoms. The first-order valence-corrected chi connectivity index (χ1v) is 11.2.